The van der Waals surface area contributed by atoms with E-state index in [4.69, 9.17) is 6.58 Å². The summed E-state index contributed by atoms with van der Waals surface area (Å²) in [7, 11) is 0. The molecule has 0 aliphatic heterocycles. The molecule has 0 aliphatic rings. The van der Waals surface area contributed by atoms with E-state index in [0.717, 1.165) is 17.4 Å². The number of ketones is 1. The SMILES string of the molecule is CC.O=C(c1cccs1)C(F)(F)F.[CH-]=CC.[CH2-]C.[Y]. The summed E-state index contributed by atoms with van der Waals surface area (Å²) in [5, 5.41) is 1.43. The predicted octanol–water partition coefficient (Wildman–Crippen LogP) is 5.35. The van der Waals surface area contributed by atoms with Crippen LogP contribution in [0.4, 0.5) is 13.2 Å². The largest absolute Gasteiger partial charge is 0.518 e. The molecule has 1 nitrogen and oxygen atoms in total. The molecular weight excluding hydrogens is 350 g/mol. The molecule has 0 fully saturated rings. The Balaban J connectivity index is -0.000000121. The fraction of sp³-hybridized carbons (Fsp3) is 0.385. The van der Waals surface area contributed by atoms with Gasteiger partial charge in [0.05, 0.1) is 4.88 Å². The summed E-state index contributed by atoms with van der Waals surface area (Å²) >= 11 is 0.788. The second-order valence-corrected chi connectivity index (χ2v) is 3.09. The van der Waals surface area contributed by atoms with Crippen molar-refractivity contribution in [3.63, 3.8) is 0 Å². The molecule has 0 N–H and O–H groups in total. The minimum absolute atomic E-state index is 0. The van der Waals surface area contributed by atoms with Crippen LogP contribution >= 0.6 is 11.3 Å². The molecule has 0 bridgehead atoms. The van der Waals surface area contributed by atoms with Crippen molar-refractivity contribution in [1.29, 1.82) is 0 Å². The molecule has 0 unspecified atom stereocenters. The Morgan fingerprint density at radius 2 is 1.74 bits per heavy atom. The van der Waals surface area contributed by atoms with E-state index < -0.39 is 12.0 Å². The number of allylic oxidation sites excluding steroid dienone is 1. The fourth-order valence-corrected chi connectivity index (χ4v) is 1.23. The van der Waals surface area contributed by atoms with E-state index in [2.05, 4.69) is 6.92 Å². The Hall–Kier alpha value is 0.00390. The first-order valence-corrected chi connectivity index (χ1v) is 6.16. The molecule has 0 saturated heterocycles. The van der Waals surface area contributed by atoms with Crippen LogP contribution in [0.1, 0.15) is 37.4 Å². The first-order chi connectivity index (χ1) is 8.43. The maximum Gasteiger partial charge on any atom is 0.455 e. The van der Waals surface area contributed by atoms with Crippen LogP contribution in [0.3, 0.4) is 0 Å². The summed E-state index contributed by atoms with van der Waals surface area (Å²) in [5.74, 6) is -1.77. The Kier molecular flexibility index (Phi) is 25.9. The Labute approximate surface area is 143 Å². The first-order valence-electron chi connectivity index (χ1n) is 5.28. The van der Waals surface area contributed by atoms with E-state index in [1.54, 1.807) is 13.8 Å². The normalized spacial score (nSPS) is 8.00. The van der Waals surface area contributed by atoms with E-state index in [9.17, 15) is 18.0 Å². The van der Waals surface area contributed by atoms with Gasteiger partial charge in [0.1, 0.15) is 0 Å². The van der Waals surface area contributed by atoms with Crippen molar-refractivity contribution in [3.05, 3.63) is 42.0 Å². The quantitative estimate of drug-likeness (QED) is 0.482. The van der Waals surface area contributed by atoms with Gasteiger partial charge in [-0.15, -0.1) is 11.3 Å². The average Bonchev–Trinajstić information content (AvgIpc) is 2.86. The molecule has 0 spiro atoms. The van der Waals surface area contributed by atoms with Crippen LogP contribution in [0.15, 0.2) is 23.6 Å². The van der Waals surface area contributed by atoms with E-state index in [-0.39, 0.29) is 37.6 Å². The number of carbonyl (C=O) groups is 1. The molecule has 0 atom stereocenters. The number of rotatable bonds is 1. The fourth-order valence-electron chi connectivity index (χ4n) is 0.547. The minimum atomic E-state index is -4.75. The van der Waals surface area contributed by atoms with Crippen molar-refractivity contribution in [2.45, 2.75) is 33.9 Å². The van der Waals surface area contributed by atoms with Gasteiger partial charge in [0.15, 0.2) is 0 Å². The van der Waals surface area contributed by atoms with Crippen molar-refractivity contribution in [3.8, 4) is 0 Å². The third kappa shape index (κ3) is 15.9. The smallest absolute Gasteiger partial charge is 0.455 e. The topological polar surface area (TPSA) is 17.1 Å². The van der Waals surface area contributed by atoms with Gasteiger partial charge in [-0.05, 0) is 11.4 Å². The number of thiophene rings is 1. The first kappa shape index (κ1) is 27.4. The number of carbonyl (C=O) groups excluding carboxylic acids is 1. The molecular formula is C13H19F3OSY-2. The van der Waals surface area contributed by atoms with E-state index in [1.165, 1.54) is 17.5 Å². The van der Waals surface area contributed by atoms with Crippen LogP contribution in [-0.4, -0.2) is 12.0 Å². The maximum absolute atomic E-state index is 11.7. The molecule has 1 radical (unpaired) electrons. The van der Waals surface area contributed by atoms with Gasteiger partial charge in [0.2, 0.25) is 0 Å². The Bertz CT molecular complexity index is 295. The van der Waals surface area contributed by atoms with Crippen LogP contribution in [0.25, 0.3) is 0 Å². The van der Waals surface area contributed by atoms with Gasteiger partial charge in [-0.25, -0.2) is 0 Å². The summed E-state index contributed by atoms with van der Waals surface area (Å²) in [4.78, 5) is 10.1. The molecule has 0 aromatic carbocycles. The second-order valence-electron chi connectivity index (χ2n) is 2.14. The number of alkyl halides is 3. The molecule has 1 aromatic rings. The second kappa shape index (κ2) is 18.0. The van der Waals surface area contributed by atoms with Gasteiger partial charge in [-0.2, -0.15) is 20.1 Å². The van der Waals surface area contributed by atoms with Crippen molar-refractivity contribution in [2.24, 2.45) is 0 Å². The van der Waals surface area contributed by atoms with E-state index in [0.29, 0.717) is 0 Å². The van der Waals surface area contributed by atoms with E-state index >= 15 is 0 Å². The predicted molar refractivity (Wildman–Crippen MR) is 71.6 cm³/mol. The zero-order valence-electron chi connectivity index (χ0n) is 11.6. The van der Waals surface area contributed by atoms with Gasteiger partial charge in [0.25, 0.3) is 5.78 Å². The summed E-state index contributed by atoms with van der Waals surface area (Å²) in [5.41, 5.74) is 0. The summed E-state index contributed by atoms with van der Waals surface area (Å²) in [6.07, 6.45) is -3.25. The van der Waals surface area contributed by atoms with Crippen molar-refractivity contribution >= 4 is 17.1 Å². The molecule has 1 rings (SSSR count). The molecule has 0 amide bonds. The van der Waals surface area contributed by atoms with Crippen LogP contribution < -0.4 is 0 Å². The third-order valence-electron chi connectivity index (χ3n) is 1.00. The van der Waals surface area contributed by atoms with Gasteiger partial charge in [-0.1, -0.05) is 26.8 Å². The van der Waals surface area contributed by atoms with Crippen LogP contribution in [-0.2, 0) is 32.7 Å². The number of hydrogen-bond donors (Lipinski definition) is 0. The standard InChI is InChI=1S/C6H3F3OS.C3H5.C2H6.C2H5.Y/c7-6(8,9)5(10)4-2-1-3-11-4;1-3-2;2*1-2;/h1-3H;1,3H,2H3;1-2H3;1H2,2H3;/q;-1;;-1;. The van der Waals surface area contributed by atoms with Gasteiger partial charge in [-0.3, -0.25) is 10.9 Å². The number of Topliss-reactive ketones (excluding diaryl/α,β-unsaturated/α-hetero) is 1. The average molecular weight is 369 g/mol. The molecule has 109 valence electrons. The van der Waals surface area contributed by atoms with Crippen LogP contribution in [0.5, 0.6) is 0 Å². The number of halogens is 3. The van der Waals surface area contributed by atoms with Gasteiger partial charge in [0, 0.05) is 32.7 Å². The third-order valence-corrected chi connectivity index (χ3v) is 1.87. The maximum atomic E-state index is 11.7. The van der Waals surface area contributed by atoms with Crippen molar-refractivity contribution < 1.29 is 50.7 Å². The molecule has 19 heavy (non-hydrogen) atoms. The summed E-state index contributed by atoms with van der Waals surface area (Å²) in [6, 6.07) is 2.56. The van der Waals surface area contributed by atoms with Crippen molar-refractivity contribution in [2.75, 3.05) is 0 Å². The molecule has 1 aromatic heterocycles. The summed E-state index contributed by atoms with van der Waals surface area (Å²) in [6.45, 7) is 15.5. The Morgan fingerprint density at radius 3 is 1.95 bits per heavy atom. The Morgan fingerprint density at radius 1 is 1.37 bits per heavy atom. The number of hydrogen-bond acceptors (Lipinski definition) is 2. The minimum Gasteiger partial charge on any atom is -0.518 e. The van der Waals surface area contributed by atoms with Gasteiger partial charge >= 0.3 is 6.18 Å². The summed E-state index contributed by atoms with van der Waals surface area (Å²) < 4.78 is 35.0. The van der Waals surface area contributed by atoms with E-state index in [1.807, 2.05) is 13.8 Å². The molecule has 0 aliphatic carbocycles. The molecule has 6 heteroatoms. The zero-order chi connectivity index (χ0) is 15.2. The zero-order valence-corrected chi connectivity index (χ0v) is 15.3. The van der Waals surface area contributed by atoms with Crippen LogP contribution in [0.2, 0.25) is 0 Å². The van der Waals surface area contributed by atoms with Crippen LogP contribution in [0, 0.1) is 13.5 Å². The molecule has 0 saturated carbocycles. The monoisotopic (exact) mass is 369 g/mol. The molecule has 1 heterocycles. The van der Waals surface area contributed by atoms with Gasteiger partial charge < -0.3 is 13.5 Å². The van der Waals surface area contributed by atoms with Crippen molar-refractivity contribution in [1.82, 2.24) is 0 Å².